The third-order valence-electron chi connectivity index (χ3n) is 4.88. The maximum absolute atomic E-state index is 12.8. The molecule has 1 aromatic heterocycles. The van der Waals surface area contributed by atoms with Gasteiger partial charge in [-0.15, -0.1) is 10.2 Å². The van der Waals surface area contributed by atoms with Crippen molar-refractivity contribution in [2.24, 2.45) is 0 Å². The molecule has 2 aromatic rings. The van der Waals surface area contributed by atoms with Crippen molar-refractivity contribution in [2.45, 2.75) is 62.4 Å². The Bertz CT molecular complexity index is 709. The Morgan fingerprint density at radius 3 is 2.56 bits per heavy atom. The first-order valence-electron chi connectivity index (χ1n) is 8.98. The smallest absolute Gasteiger partial charge is 0.240 e. The van der Waals surface area contributed by atoms with Crippen LogP contribution in [-0.4, -0.2) is 33.0 Å². The highest BCUT2D eigenvalue weighted by molar-refractivity contribution is 8.00. The molecule has 3 rings (SSSR count). The molecule has 1 aliphatic rings. The normalized spacial score (nSPS) is 16.6. The first-order valence-corrected chi connectivity index (χ1v) is 9.86. The number of aryl methyl sites for hydroxylation is 1. The number of hydrogen-bond acceptors (Lipinski definition) is 4. The molecule has 0 aliphatic heterocycles. The molecular weight excluding hydrogens is 332 g/mol. The highest BCUT2D eigenvalue weighted by atomic mass is 32.2. The van der Waals surface area contributed by atoms with Crippen molar-refractivity contribution in [1.29, 1.82) is 0 Å². The third-order valence-corrected chi connectivity index (χ3v) is 5.92. The predicted octanol–water partition coefficient (Wildman–Crippen LogP) is 4.24. The zero-order chi connectivity index (χ0) is 17.8. The molecular formula is C19H26N4OS. The lowest BCUT2D eigenvalue weighted by molar-refractivity contribution is -0.117. The molecule has 1 atom stereocenters. The number of anilines is 1. The predicted molar refractivity (Wildman–Crippen MR) is 102 cm³/mol. The van der Waals surface area contributed by atoms with E-state index in [0.29, 0.717) is 6.04 Å². The van der Waals surface area contributed by atoms with Gasteiger partial charge in [-0.2, -0.15) is 0 Å². The molecule has 1 amide bonds. The Morgan fingerprint density at radius 1 is 1.20 bits per heavy atom. The second-order valence-electron chi connectivity index (χ2n) is 6.68. The number of rotatable bonds is 5. The largest absolute Gasteiger partial charge is 0.315 e. The number of amides is 1. The zero-order valence-corrected chi connectivity index (χ0v) is 16.0. The minimum atomic E-state index is -0.212. The Labute approximate surface area is 153 Å². The van der Waals surface area contributed by atoms with Gasteiger partial charge in [0.15, 0.2) is 5.16 Å². The zero-order valence-electron chi connectivity index (χ0n) is 15.2. The van der Waals surface area contributed by atoms with E-state index in [1.54, 1.807) is 4.90 Å². The quantitative estimate of drug-likeness (QED) is 0.750. The molecule has 1 heterocycles. The highest BCUT2D eigenvalue weighted by Crippen LogP contribution is 2.34. The summed E-state index contributed by atoms with van der Waals surface area (Å²) < 4.78 is 2.25. The number of thioether (sulfide) groups is 1. The number of carbonyl (C=O) groups excluding carboxylic acids is 1. The number of aromatic nitrogens is 3. The lowest BCUT2D eigenvalue weighted by Crippen LogP contribution is -2.33. The van der Waals surface area contributed by atoms with Crippen molar-refractivity contribution in [1.82, 2.24) is 14.8 Å². The van der Waals surface area contributed by atoms with Crippen molar-refractivity contribution in [2.75, 3.05) is 11.9 Å². The van der Waals surface area contributed by atoms with Gasteiger partial charge >= 0.3 is 0 Å². The molecule has 0 saturated heterocycles. The van der Waals surface area contributed by atoms with E-state index in [9.17, 15) is 4.79 Å². The van der Waals surface area contributed by atoms with Crippen LogP contribution in [0.1, 0.15) is 50.9 Å². The fourth-order valence-corrected chi connectivity index (χ4v) is 4.51. The average Bonchev–Trinajstić information content (AvgIpc) is 3.02. The molecule has 1 aromatic carbocycles. The van der Waals surface area contributed by atoms with Gasteiger partial charge in [0.25, 0.3) is 0 Å². The Balaban J connectivity index is 1.72. The van der Waals surface area contributed by atoms with Gasteiger partial charge in [-0.1, -0.05) is 49.2 Å². The summed E-state index contributed by atoms with van der Waals surface area (Å²) in [5, 5.41) is 9.28. The summed E-state index contributed by atoms with van der Waals surface area (Å²) in [4.78, 5) is 14.5. The number of nitrogens with zero attached hydrogens (tertiary/aromatic N) is 4. The third kappa shape index (κ3) is 4.06. The van der Waals surface area contributed by atoms with Crippen LogP contribution in [0.25, 0.3) is 0 Å². The monoisotopic (exact) mass is 358 g/mol. The van der Waals surface area contributed by atoms with Gasteiger partial charge in [0, 0.05) is 18.8 Å². The van der Waals surface area contributed by atoms with Crippen molar-refractivity contribution in [3.8, 4) is 0 Å². The van der Waals surface area contributed by atoms with Crippen LogP contribution in [0.3, 0.4) is 0 Å². The minimum absolute atomic E-state index is 0.0760. The summed E-state index contributed by atoms with van der Waals surface area (Å²) in [6.07, 6.45) is 6.20. The van der Waals surface area contributed by atoms with Gasteiger partial charge in [-0.3, -0.25) is 4.79 Å². The van der Waals surface area contributed by atoms with E-state index in [1.165, 1.54) is 43.9 Å². The van der Waals surface area contributed by atoms with Crippen LogP contribution in [0.2, 0.25) is 0 Å². The van der Waals surface area contributed by atoms with Crippen LogP contribution in [0.4, 0.5) is 5.69 Å². The molecule has 5 nitrogen and oxygen atoms in total. The fourth-order valence-electron chi connectivity index (χ4n) is 3.45. The maximum atomic E-state index is 12.8. The molecule has 0 bridgehead atoms. The number of carbonyl (C=O) groups is 1. The SMILES string of the molecule is Cc1nnc(SC(C)C(=O)N(C)c2ccccc2)n1C1CCCCC1. The molecule has 6 heteroatoms. The van der Waals surface area contributed by atoms with Gasteiger partial charge < -0.3 is 9.47 Å². The maximum Gasteiger partial charge on any atom is 0.240 e. The van der Waals surface area contributed by atoms with Gasteiger partial charge in [-0.05, 0) is 38.8 Å². The summed E-state index contributed by atoms with van der Waals surface area (Å²) in [6.45, 7) is 3.95. The van der Waals surface area contributed by atoms with Crippen LogP contribution in [0, 0.1) is 6.92 Å². The molecule has 1 unspecified atom stereocenters. The number of benzene rings is 1. The Hall–Kier alpha value is -1.82. The number of hydrogen-bond donors (Lipinski definition) is 0. The van der Waals surface area contributed by atoms with E-state index in [0.717, 1.165) is 16.7 Å². The first kappa shape index (κ1) is 18.0. The average molecular weight is 359 g/mol. The van der Waals surface area contributed by atoms with E-state index in [1.807, 2.05) is 51.2 Å². The van der Waals surface area contributed by atoms with E-state index >= 15 is 0 Å². The lowest BCUT2D eigenvalue weighted by Gasteiger charge is -2.26. The van der Waals surface area contributed by atoms with E-state index in [-0.39, 0.29) is 11.2 Å². The van der Waals surface area contributed by atoms with Crippen molar-refractivity contribution in [3.05, 3.63) is 36.2 Å². The summed E-state index contributed by atoms with van der Waals surface area (Å²) in [5.74, 6) is 1.03. The second kappa shape index (κ2) is 8.04. The molecule has 25 heavy (non-hydrogen) atoms. The molecule has 1 aliphatic carbocycles. The fraction of sp³-hybridized carbons (Fsp3) is 0.526. The van der Waals surface area contributed by atoms with Gasteiger partial charge in [-0.25, -0.2) is 0 Å². The van der Waals surface area contributed by atoms with Crippen LogP contribution < -0.4 is 4.90 Å². The van der Waals surface area contributed by atoms with Crippen molar-refractivity contribution in [3.63, 3.8) is 0 Å². The van der Waals surface area contributed by atoms with Gasteiger partial charge in [0.2, 0.25) is 5.91 Å². The van der Waals surface area contributed by atoms with Crippen LogP contribution >= 0.6 is 11.8 Å². The summed E-state index contributed by atoms with van der Waals surface area (Å²) in [7, 11) is 1.83. The molecule has 0 spiro atoms. The van der Waals surface area contributed by atoms with Gasteiger partial charge in [0.05, 0.1) is 5.25 Å². The summed E-state index contributed by atoms with van der Waals surface area (Å²) in [6, 6.07) is 10.2. The van der Waals surface area contributed by atoms with E-state index in [2.05, 4.69) is 14.8 Å². The molecule has 134 valence electrons. The van der Waals surface area contributed by atoms with Crippen LogP contribution in [0.5, 0.6) is 0 Å². The minimum Gasteiger partial charge on any atom is -0.315 e. The van der Waals surface area contributed by atoms with Crippen molar-refractivity contribution < 1.29 is 4.79 Å². The summed E-state index contributed by atoms with van der Waals surface area (Å²) >= 11 is 1.51. The van der Waals surface area contributed by atoms with Crippen molar-refractivity contribution >= 4 is 23.4 Å². The molecule has 1 saturated carbocycles. The van der Waals surface area contributed by atoms with E-state index in [4.69, 9.17) is 0 Å². The van der Waals surface area contributed by atoms with E-state index < -0.39 is 0 Å². The Morgan fingerprint density at radius 2 is 1.88 bits per heavy atom. The summed E-state index contributed by atoms with van der Waals surface area (Å²) in [5.41, 5.74) is 0.907. The Kier molecular flexibility index (Phi) is 5.78. The molecule has 1 fully saturated rings. The topological polar surface area (TPSA) is 51.0 Å². The standard InChI is InChI=1S/C19H26N4OS/c1-14(18(24)22(3)16-10-6-4-7-11-16)25-19-21-20-15(2)23(19)17-12-8-5-9-13-17/h4,6-7,10-11,14,17H,5,8-9,12-13H2,1-3H3. The highest BCUT2D eigenvalue weighted by Gasteiger charge is 2.26. The number of para-hydroxylation sites is 1. The molecule has 0 radical (unpaired) electrons. The second-order valence-corrected chi connectivity index (χ2v) is 7.99. The molecule has 0 N–H and O–H groups in total. The first-order chi connectivity index (χ1) is 12.1. The van der Waals surface area contributed by atoms with Crippen LogP contribution in [0.15, 0.2) is 35.5 Å². The lowest BCUT2D eigenvalue weighted by atomic mass is 9.95. The van der Waals surface area contributed by atoms with Crippen LogP contribution in [-0.2, 0) is 4.79 Å². The van der Waals surface area contributed by atoms with Gasteiger partial charge in [0.1, 0.15) is 5.82 Å².